The summed E-state index contributed by atoms with van der Waals surface area (Å²) in [6.45, 7) is 3.22. The Kier molecular flexibility index (Phi) is 5.40. The lowest BCUT2D eigenvalue weighted by Crippen LogP contribution is -2.38. The van der Waals surface area contributed by atoms with Gasteiger partial charge in [-0.1, -0.05) is 36.4 Å². The number of nitrogens with two attached hydrogens (primary N) is 1. The number of nitrogen functional groups attached to an aromatic ring is 1. The molecule has 1 aliphatic heterocycles. The van der Waals surface area contributed by atoms with Gasteiger partial charge in [0.15, 0.2) is 5.65 Å². The van der Waals surface area contributed by atoms with Crippen LogP contribution in [0.25, 0.3) is 28.0 Å². The number of anilines is 1. The van der Waals surface area contributed by atoms with Crippen LogP contribution in [-0.4, -0.2) is 58.7 Å². The smallest absolute Gasteiger partial charge is 0.291 e. The normalized spacial score (nSPS) is 14.4. The van der Waals surface area contributed by atoms with Crippen molar-refractivity contribution >= 4 is 17.4 Å². The van der Waals surface area contributed by atoms with E-state index in [0.29, 0.717) is 24.6 Å². The van der Waals surface area contributed by atoms with Crippen molar-refractivity contribution in [2.75, 3.05) is 18.8 Å². The second kappa shape index (κ2) is 8.88. The average Bonchev–Trinajstić information content (AvgIpc) is 3.62. The molecule has 0 aliphatic carbocycles. The van der Waals surface area contributed by atoms with Gasteiger partial charge in [0.25, 0.3) is 5.91 Å². The number of nitrogens with one attached hydrogen (secondary N) is 1. The molecule has 1 fully saturated rings. The van der Waals surface area contributed by atoms with Gasteiger partial charge in [-0.3, -0.25) is 14.9 Å². The number of carbonyl (C=O) groups excluding carboxylic acids is 1. The number of H-pyrrole nitrogens is 1. The first-order chi connectivity index (χ1) is 17.6. The minimum atomic E-state index is -0.130. The standard InChI is InChI=1S/C26H25N9O/c1-16-22(18-9-11-34(12-10-18)26(36)24-29-15-30-33-24)32-25-20(14-31-35(25)23(16)27)19-7-8-21(28-13-19)17-5-3-2-4-6-17/h2-8,13-15,18H,9-12,27H2,1H3,(H,29,30,33). The Bertz CT molecular complexity index is 1520. The summed E-state index contributed by atoms with van der Waals surface area (Å²) in [7, 11) is 0. The van der Waals surface area contributed by atoms with E-state index in [0.717, 1.165) is 46.5 Å². The zero-order chi connectivity index (χ0) is 24.6. The molecular weight excluding hydrogens is 454 g/mol. The molecule has 1 aromatic carbocycles. The molecule has 0 spiro atoms. The molecule has 36 heavy (non-hydrogen) atoms. The number of piperidine rings is 1. The molecule has 0 unspecified atom stereocenters. The number of aromatic amines is 1. The van der Waals surface area contributed by atoms with Crippen LogP contribution in [0.4, 0.5) is 5.82 Å². The number of nitrogens with zero attached hydrogens (tertiary/aromatic N) is 7. The van der Waals surface area contributed by atoms with E-state index in [9.17, 15) is 4.79 Å². The third-order valence-corrected chi connectivity index (χ3v) is 6.90. The predicted octanol–water partition coefficient (Wildman–Crippen LogP) is 3.49. The Morgan fingerprint density at radius 2 is 1.83 bits per heavy atom. The molecule has 10 nitrogen and oxygen atoms in total. The van der Waals surface area contributed by atoms with Crippen molar-refractivity contribution < 1.29 is 4.79 Å². The van der Waals surface area contributed by atoms with E-state index >= 15 is 0 Å². The van der Waals surface area contributed by atoms with Gasteiger partial charge in [0.1, 0.15) is 12.1 Å². The third kappa shape index (κ3) is 3.76. The number of rotatable bonds is 4. The Labute approximate surface area is 207 Å². The number of benzene rings is 1. The summed E-state index contributed by atoms with van der Waals surface area (Å²) in [5.41, 5.74) is 12.9. The van der Waals surface area contributed by atoms with Crippen molar-refractivity contribution in [3.63, 3.8) is 0 Å². The topological polar surface area (TPSA) is 131 Å². The fourth-order valence-electron chi connectivity index (χ4n) is 4.86. The SMILES string of the molecule is Cc1c(C2CCN(C(=O)c3ncn[nH]3)CC2)nc2c(-c3ccc(-c4ccccc4)nc3)cnn2c1N. The second-order valence-electron chi connectivity index (χ2n) is 9.00. The Morgan fingerprint density at radius 1 is 1.03 bits per heavy atom. The van der Waals surface area contributed by atoms with E-state index in [-0.39, 0.29) is 17.6 Å². The van der Waals surface area contributed by atoms with Crippen LogP contribution >= 0.6 is 0 Å². The van der Waals surface area contributed by atoms with Gasteiger partial charge in [0, 0.05) is 47.5 Å². The first-order valence-corrected chi connectivity index (χ1v) is 11.9. The molecule has 6 rings (SSSR count). The predicted molar refractivity (Wildman–Crippen MR) is 135 cm³/mol. The number of aromatic nitrogens is 7. The van der Waals surface area contributed by atoms with Gasteiger partial charge in [-0.15, -0.1) is 0 Å². The van der Waals surface area contributed by atoms with Crippen LogP contribution in [0, 0.1) is 6.92 Å². The fraction of sp³-hybridized carbons (Fsp3) is 0.231. The first kappa shape index (κ1) is 21.9. The van der Waals surface area contributed by atoms with Crippen molar-refractivity contribution in [3.8, 4) is 22.4 Å². The summed E-state index contributed by atoms with van der Waals surface area (Å²) in [5.74, 6) is 0.909. The number of hydrogen-bond donors (Lipinski definition) is 2. The van der Waals surface area contributed by atoms with E-state index < -0.39 is 0 Å². The van der Waals surface area contributed by atoms with E-state index in [1.165, 1.54) is 6.33 Å². The van der Waals surface area contributed by atoms with Gasteiger partial charge in [0.05, 0.1) is 17.6 Å². The summed E-state index contributed by atoms with van der Waals surface area (Å²) >= 11 is 0. The van der Waals surface area contributed by atoms with Gasteiger partial charge in [-0.2, -0.15) is 14.7 Å². The Morgan fingerprint density at radius 3 is 2.53 bits per heavy atom. The van der Waals surface area contributed by atoms with Crippen LogP contribution in [-0.2, 0) is 0 Å². The highest BCUT2D eigenvalue weighted by molar-refractivity contribution is 5.90. The van der Waals surface area contributed by atoms with Crippen molar-refractivity contribution in [1.29, 1.82) is 0 Å². The molecule has 4 aromatic heterocycles. The number of fused-ring (bicyclic) bond motifs is 1. The molecule has 0 atom stereocenters. The van der Waals surface area contributed by atoms with Crippen molar-refractivity contribution in [2.45, 2.75) is 25.7 Å². The zero-order valence-corrected chi connectivity index (χ0v) is 19.8. The third-order valence-electron chi connectivity index (χ3n) is 6.90. The van der Waals surface area contributed by atoms with Crippen LogP contribution in [0.15, 0.2) is 61.2 Å². The van der Waals surface area contributed by atoms with Crippen molar-refractivity contribution in [2.24, 2.45) is 0 Å². The molecule has 0 radical (unpaired) electrons. The minimum Gasteiger partial charge on any atom is -0.383 e. The van der Waals surface area contributed by atoms with Gasteiger partial charge >= 0.3 is 0 Å². The van der Waals surface area contributed by atoms with Gasteiger partial charge in [0.2, 0.25) is 5.82 Å². The number of likely N-dealkylation sites (tertiary alicyclic amines) is 1. The number of pyridine rings is 1. The summed E-state index contributed by atoms with van der Waals surface area (Å²) < 4.78 is 1.70. The lowest BCUT2D eigenvalue weighted by molar-refractivity contribution is 0.0700. The van der Waals surface area contributed by atoms with Gasteiger partial charge in [-0.05, 0) is 25.8 Å². The van der Waals surface area contributed by atoms with Crippen LogP contribution in [0.3, 0.4) is 0 Å². The molecule has 0 bridgehead atoms. The molecule has 180 valence electrons. The number of carbonyl (C=O) groups is 1. The summed E-state index contributed by atoms with van der Waals surface area (Å²) in [6.07, 6.45) is 6.57. The monoisotopic (exact) mass is 479 g/mol. The largest absolute Gasteiger partial charge is 0.383 e. The zero-order valence-electron chi connectivity index (χ0n) is 19.8. The summed E-state index contributed by atoms with van der Waals surface area (Å²) in [6, 6.07) is 14.1. The Balaban J connectivity index is 1.29. The molecule has 1 aliphatic rings. The van der Waals surface area contributed by atoms with Crippen LogP contribution in [0.2, 0.25) is 0 Å². The van der Waals surface area contributed by atoms with Crippen molar-refractivity contribution in [1.82, 2.24) is 39.7 Å². The van der Waals surface area contributed by atoms with E-state index in [1.54, 1.807) is 15.6 Å². The molecule has 5 aromatic rings. The Hall–Kier alpha value is -4.60. The highest BCUT2D eigenvalue weighted by atomic mass is 16.2. The molecule has 3 N–H and O–H groups in total. The molecule has 1 amide bonds. The number of amides is 1. The molecule has 10 heteroatoms. The van der Waals surface area contributed by atoms with E-state index in [2.05, 4.69) is 25.3 Å². The maximum atomic E-state index is 12.6. The molecule has 1 saturated heterocycles. The highest BCUT2D eigenvalue weighted by Crippen LogP contribution is 2.34. The average molecular weight is 480 g/mol. The first-order valence-electron chi connectivity index (χ1n) is 11.9. The molecule has 0 saturated carbocycles. The lowest BCUT2D eigenvalue weighted by Gasteiger charge is -2.32. The maximum Gasteiger partial charge on any atom is 0.291 e. The highest BCUT2D eigenvalue weighted by Gasteiger charge is 2.29. The van der Waals surface area contributed by atoms with Crippen LogP contribution in [0.1, 0.15) is 40.6 Å². The van der Waals surface area contributed by atoms with E-state index in [1.807, 2.05) is 55.6 Å². The summed E-state index contributed by atoms with van der Waals surface area (Å²) in [5, 5.41) is 10.9. The second-order valence-corrected chi connectivity index (χ2v) is 9.00. The quantitative estimate of drug-likeness (QED) is 0.403. The maximum absolute atomic E-state index is 12.6. The van der Waals surface area contributed by atoms with Crippen LogP contribution in [0.5, 0.6) is 0 Å². The lowest BCUT2D eigenvalue weighted by atomic mass is 9.90. The van der Waals surface area contributed by atoms with Crippen molar-refractivity contribution in [3.05, 3.63) is 78.3 Å². The molecular formula is C26H25N9O. The van der Waals surface area contributed by atoms with E-state index in [4.69, 9.17) is 10.7 Å². The van der Waals surface area contributed by atoms with Gasteiger partial charge < -0.3 is 10.6 Å². The van der Waals surface area contributed by atoms with Gasteiger partial charge in [-0.25, -0.2) is 9.97 Å². The fourth-order valence-corrected chi connectivity index (χ4v) is 4.86. The number of hydrogen-bond acceptors (Lipinski definition) is 7. The minimum absolute atomic E-state index is 0.130. The van der Waals surface area contributed by atoms with Crippen LogP contribution < -0.4 is 5.73 Å². The summed E-state index contributed by atoms with van der Waals surface area (Å²) in [4.78, 5) is 28.1. The molecule has 5 heterocycles.